The van der Waals surface area contributed by atoms with Crippen LogP contribution in [0.25, 0.3) is 10.9 Å². The van der Waals surface area contributed by atoms with E-state index in [1.807, 2.05) is 48.5 Å². The van der Waals surface area contributed by atoms with Crippen LogP contribution in [0.15, 0.2) is 59.4 Å². The van der Waals surface area contributed by atoms with Gasteiger partial charge < -0.3 is 9.30 Å². The van der Waals surface area contributed by atoms with Crippen molar-refractivity contribution in [3.63, 3.8) is 0 Å². The van der Waals surface area contributed by atoms with E-state index >= 15 is 0 Å². The summed E-state index contributed by atoms with van der Waals surface area (Å²) in [5.41, 5.74) is 8.63. The molecule has 2 atom stereocenters. The number of anilines is 1. The second kappa shape index (κ2) is 8.84. The van der Waals surface area contributed by atoms with Gasteiger partial charge in [0.25, 0.3) is 5.56 Å². The quantitative estimate of drug-likeness (QED) is 0.330. The van der Waals surface area contributed by atoms with Crippen LogP contribution in [-0.2, 0) is 11.3 Å². The molecule has 4 fully saturated rings. The van der Waals surface area contributed by atoms with Gasteiger partial charge in [0.15, 0.2) is 0 Å². The number of rotatable bonds is 7. The van der Waals surface area contributed by atoms with Crippen molar-refractivity contribution in [1.82, 2.24) is 9.99 Å². The molecule has 4 aliphatic rings. The Hall–Kier alpha value is -2.99. The normalized spacial score (nSPS) is 28.3. The van der Waals surface area contributed by atoms with Gasteiger partial charge in [0, 0.05) is 22.7 Å². The topological polar surface area (TPSA) is 72.4 Å². The highest BCUT2D eigenvalue weighted by atomic mass is 35.5. The van der Waals surface area contributed by atoms with Gasteiger partial charge in [-0.3, -0.25) is 20.4 Å². The van der Waals surface area contributed by atoms with Crippen molar-refractivity contribution in [3.8, 4) is 5.75 Å². The zero-order chi connectivity index (χ0) is 24.9. The Morgan fingerprint density at radius 1 is 1.06 bits per heavy atom. The van der Waals surface area contributed by atoms with E-state index in [9.17, 15) is 9.59 Å². The van der Waals surface area contributed by atoms with Crippen LogP contribution in [0.3, 0.4) is 0 Å². The van der Waals surface area contributed by atoms with Gasteiger partial charge in [0.1, 0.15) is 5.75 Å². The van der Waals surface area contributed by atoms with E-state index < -0.39 is 0 Å². The number of benzene rings is 2. The Balaban J connectivity index is 1.19. The lowest BCUT2D eigenvalue weighted by atomic mass is 9.48. The number of methoxy groups -OCH3 is 1. The molecule has 1 aromatic heterocycles. The van der Waals surface area contributed by atoms with Gasteiger partial charge in [-0.25, -0.2) is 0 Å². The van der Waals surface area contributed by atoms with E-state index in [0.717, 1.165) is 60.0 Å². The van der Waals surface area contributed by atoms with Crippen molar-refractivity contribution in [1.29, 1.82) is 0 Å². The summed E-state index contributed by atoms with van der Waals surface area (Å²) in [6.07, 6.45) is 7.21. The number of hydrogen-bond donors (Lipinski definition) is 2. The summed E-state index contributed by atoms with van der Waals surface area (Å²) in [7, 11) is 1.63. The molecular weight excluding hydrogens is 474 g/mol. The fourth-order valence-corrected chi connectivity index (χ4v) is 8.30. The molecule has 7 rings (SSSR count). The number of halogens is 1. The van der Waals surface area contributed by atoms with Crippen molar-refractivity contribution < 1.29 is 9.53 Å². The van der Waals surface area contributed by atoms with Gasteiger partial charge in [-0.05, 0) is 91.7 Å². The van der Waals surface area contributed by atoms with Crippen LogP contribution in [-0.4, -0.2) is 22.5 Å². The first-order valence-electron chi connectivity index (χ1n) is 12.8. The first-order chi connectivity index (χ1) is 17.3. The molecule has 4 aliphatic carbocycles. The maximum Gasteiger partial charge on any atom is 0.251 e. The van der Waals surface area contributed by atoms with Crippen LogP contribution in [0.5, 0.6) is 5.75 Å². The molecule has 2 aromatic carbocycles. The second-order valence-electron chi connectivity index (χ2n) is 11.3. The van der Waals surface area contributed by atoms with Gasteiger partial charge >= 0.3 is 0 Å². The number of nitrogens with zero attached hydrogens (tertiary/aromatic N) is 1. The maximum atomic E-state index is 13.1. The number of hydrogen-bond acceptors (Lipinski definition) is 4. The summed E-state index contributed by atoms with van der Waals surface area (Å²) < 4.78 is 6.99. The second-order valence-corrected chi connectivity index (χ2v) is 12.1. The Morgan fingerprint density at radius 2 is 1.81 bits per heavy atom. The van der Waals surface area contributed by atoms with Gasteiger partial charge in [-0.1, -0.05) is 18.2 Å². The summed E-state index contributed by atoms with van der Waals surface area (Å²) in [5.74, 6) is 2.12. The van der Waals surface area contributed by atoms with Crippen molar-refractivity contribution in [2.75, 3.05) is 12.5 Å². The fraction of sp³-hybridized carbons (Fsp3) is 0.448. The molecule has 2 N–H and O–H groups in total. The number of carbonyl (C=O) groups excluding carboxylic acids is 1. The van der Waals surface area contributed by atoms with E-state index in [-0.39, 0.29) is 21.8 Å². The number of pyridine rings is 1. The third-order valence-electron chi connectivity index (χ3n) is 8.52. The minimum absolute atomic E-state index is 0.000717. The average Bonchev–Trinajstić information content (AvgIpc) is 2.83. The number of hydrazine groups is 1. The summed E-state index contributed by atoms with van der Waals surface area (Å²) in [6.45, 7) is 0.445. The minimum atomic E-state index is -0.0963. The molecule has 4 bridgehead atoms. The third kappa shape index (κ3) is 4.36. The number of amides is 1. The predicted molar refractivity (Wildman–Crippen MR) is 142 cm³/mol. The molecule has 1 amide bonds. The number of nitrogens with one attached hydrogen (secondary N) is 2. The van der Waals surface area contributed by atoms with Gasteiger partial charge in [0.05, 0.1) is 24.9 Å². The van der Waals surface area contributed by atoms with Gasteiger partial charge in [-0.2, -0.15) is 0 Å². The molecule has 6 nitrogen and oxygen atoms in total. The van der Waals surface area contributed by atoms with Crippen LogP contribution in [0.1, 0.15) is 50.5 Å². The van der Waals surface area contributed by atoms with E-state index in [1.165, 1.54) is 6.42 Å². The van der Waals surface area contributed by atoms with E-state index in [1.54, 1.807) is 17.7 Å². The van der Waals surface area contributed by atoms with Crippen molar-refractivity contribution in [3.05, 3.63) is 70.5 Å². The summed E-state index contributed by atoms with van der Waals surface area (Å²) >= 11 is 6.96. The number of ether oxygens (including phenoxy) is 1. The van der Waals surface area contributed by atoms with Crippen molar-refractivity contribution in [2.24, 2.45) is 17.3 Å². The van der Waals surface area contributed by atoms with Gasteiger partial charge in [-0.15, -0.1) is 11.6 Å². The molecular formula is C29H32ClN3O3. The lowest BCUT2D eigenvalue weighted by Gasteiger charge is -2.60. The molecule has 0 saturated heterocycles. The molecule has 188 valence electrons. The first-order valence-corrected chi connectivity index (χ1v) is 13.2. The Bertz CT molecular complexity index is 1350. The number of alkyl halides is 1. The molecule has 0 radical (unpaired) electrons. The van der Waals surface area contributed by atoms with E-state index in [0.29, 0.717) is 24.8 Å². The minimum Gasteiger partial charge on any atom is -0.497 e. The summed E-state index contributed by atoms with van der Waals surface area (Å²) in [5, 5.41) is 0.875. The Kier molecular flexibility index (Phi) is 5.75. The van der Waals surface area contributed by atoms with Crippen LogP contribution in [0.4, 0.5) is 5.69 Å². The molecule has 0 spiro atoms. The highest BCUT2D eigenvalue weighted by Gasteiger charge is 2.57. The van der Waals surface area contributed by atoms with Crippen molar-refractivity contribution in [2.45, 2.75) is 56.4 Å². The zero-order valence-electron chi connectivity index (χ0n) is 20.6. The molecule has 3 aromatic rings. The van der Waals surface area contributed by atoms with Crippen LogP contribution in [0, 0.1) is 17.3 Å². The summed E-state index contributed by atoms with van der Waals surface area (Å²) in [6, 6.07) is 16.8. The lowest BCUT2D eigenvalue weighted by molar-refractivity contribution is -0.128. The lowest BCUT2D eigenvalue weighted by Crippen LogP contribution is -2.54. The first kappa shape index (κ1) is 23.4. The molecule has 1 heterocycles. The number of aromatic nitrogens is 1. The van der Waals surface area contributed by atoms with Gasteiger partial charge in [0.2, 0.25) is 5.91 Å². The molecule has 4 saturated carbocycles. The van der Waals surface area contributed by atoms with Crippen molar-refractivity contribution >= 4 is 34.1 Å². The standard InChI is InChI=1S/C29H32ClN3O3/c1-36-22-7-5-19(6-8-22)17-33-25-4-2-3-24(23(25)9-10-27(33)35)31-32-26(34)16-28-12-20-11-21(13-28)15-29(30,14-20)18-28/h2-10,20-21,31H,11-18H2,1H3,(H,32,34). The van der Waals surface area contributed by atoms with Crippen LogP contribution < -0.4 is 21.1 Å². The largest absolute Gasteiger partial charge is 0.497 e. The Morgan fingerprint density at radius 3 is 2.50 bits per heavy atom. The highest BCUT2D eigenvalue weighted by molar-refractivity contribution is 6.24. The molecule has 36 heavy (non-hydrogen) atoms. The SMILES string of the molecule is COc1ccc(Cn2c(=O)ccc3c(NNC(=O)CC45CC6CC(CC(Cl)(C6)C4)C5)cccc32)cc1. The number of fused-ring (bicyclic) bond motifs is 1. The highest BCUT2D eigenvalue weighted by Crippen LogP contribution is 2.64. The smallest absolute Gasteiger partial charge is 0.251 e. The van der Waals surface area contributed by atoms with E-state index in [4.69, 9.17) is 16.3 Å². The third-order valence-corrected chi connectivity index (χ3v) is 8.96. The van der Waals surface area contributed by atoms with Crippen LogP contribution >= 0.6 is 11.6 Å². The summed E-state index contributed by atoms with van der Waals surface area (Å²) in [4.78, 5) is 25.7. The van der Waals surface area contributed by atoms with E-state index in [2.05, 4.69) is 10.9 Å². The predicted octanol–water partition coefficient (Wildman–Crippen LogP) is 5.47. The number of carbonyl (C=O) groups is 1. The molecule has 0 aliphatic heterocycles. The molecule has 7 heteroatoms. The van der Waals surface area contributed by atoms with Crippen LogP contribution in [0.2, 0.25) is 0 Å². The molecule has 2 unspecified atom stereocenters. The average molecular weight is 506 g/mol. The zero-order valence-corrected chi connectivity index (χ0v) is 21.3. The fourth-order valence-electron chi connectivity index (χ4n) is 7.58. The Labute approximate surface area is 216 Å². The monoisotopic (exact) mass is 505 g/mol. The maximum absolute atomic E-state index is 13.1.